The van der Waals surface area contributed by atoms with Crippen LogP contribution in [0.5, 0.6) is 0 Å². The fourth-order valence-corrected chi connectivity index (χ4v) is 6.82. The highest BCUT2D eigenvalue weighted by Gasteiger charge is 2.54. The Morgan fingerprint density at radius 3 is 1.92 bits per heavy atom. The number of carbonyl (C=O) groups is 2. The molecule has 6 aliphatic rings. The summed E-state index contributed by atoms with van der Waals surface area (Å²) in [5.74, 6) is 4.41. The molecule has 0 radical (unpaired) electrons. The van der Waals surface area contributed by atoms with Crippen molar-refractivity contribution in [1.82, 2.24) is 10.6 Å². The van der Waals surface area contributed by atoms with Crippen LogP contribution < -0.4 is 10.6 Å². The molecule has 0 aromatic heterocycles. The molecule has 0 aliphatic heterocycles. The average Bonchev–Trinajstić information content (AvgIpc) is 3.48. The van der Waals surface area contributed by atoms with Crippen LogP contribution in [0.25, 0.3) is 0 Å². The van der Waals surface area contributed by atoms with Crippen molar-refractivity contribution in [2.75, 3.05) is 6.54 Å². The smallest absolute Gasteiger partial charge is 0.226 e. The van der Waals surface area contributed by atoms with Crippen LogP contribution in [0.2, 0.25) is 0 Å². The highest BCUT2D eigenvalue weighted by molar-refractivity contribution is 5.83. The van der Waals surface area contributed by atoms with Crippen LogP contribution in [0.3, 0.4) is 0 Å². The lowest BCUT2D eigenvalue weighted by molar-refractivity contribution is -0.146. The summed E-state index contributed by atoms with van der Waals surface area (Å²) in [4.78, 5) is 25.2. The van der Waals surface area contributed by atoms with E-state index in [0.29, 0.717) is 24.9 Å². The zero-order valence-corrected chi connectivity index (χ0v) is 16.0. The van der Waals surface area contributed by atoms with Gasteiger partial charge in [-0.15, -0.1) is 0 Å². The van der Waals surface area contributed by atoms with Gasteiger partial charge in [0.25, 0.3) is 0 Å². The largest absolute Gasteiger partial charge is 0.356 e. The van der Waals surface area contributed by atoms with Crippen molar-refractivity contribution in [2.45, 2.75) is 83.1 Å². The van der Waals surface area contributed by atoms with Crippen LogP contribution >= 0.6 is 0 Å². The molecule has 0 saturated heterocycles. The van der Waals surface area contributed by atoms with Gasteiger partial charge in [0.05, 0.1) is 0 Å². The van der Waals surface area contributed by atoms with E-state index in [1.807, 2.05) is 0 Å². The van der Waals surface area contributed by atoms with E-state index in [1.54, 1.807) is 0 Å². The lowest BCUT2D eigenvalue weighted by atomic mass is 9.49. The molecule has 0 atom stereocenters. The van der Waals surface area contributed by atoms with Gasteiger partial charge in [-0.1, -0.05) is 0 Å². The molecule has 2 N–H and O–H groups in total. The number of carbonyl (C=O) groups excluding carboxylic acids is 2. The topological polar surface area (TPSA) is 58.2 Å². The van der Waals surface area contributed by atoms with Crippen LogP contribution in [0.15, 0.2) is 0 Å². The molecular formula is C22H34N2O2. The van der Waals surface area contributed by atoms with E-state index in [4.69, 9.17) is 0 Å². The Labute approximate surface area is 157 Å². The Kier molecular flexibility index (Phi) is 4.28. The van der Waals surface area contributed by atoms with Crippen molar-refractivity contribution in [1.29, 1.82) is 0 Å². The fourth-order valence-electron chi connectivity index (χ4n) is 6.82. The quantitative estimate of drug-likeness (QED) is 0.653. The summed E-state index contributed by atoms with van der Waals surface area (Å²) in [6, 6.07) is 0.448. The third-order valence-corrected chi connectivity index (χ3v) is 7.97. The lowest BCUT2D eigenvalue weighted by Gasteiger charge is -2.55. The molecule has 0 heterocycles. The zero-order valence-electron chi connectivity index (χ0n) is 16.0. The van der Waals surface area contributed by atoms with Crippen LogP contribution in [0, 0.1) is 35.0 Å². The SMILES string of the molecule is O=C(CCCNC(=O)C12CC3CC(CC(C3)C1)C2)NC(C1CC1)C1CC1. The first kappa shape index (κ1) is 17.1. The first-order valence-electron chi connectivity index (χ1n) is 11.2. The lowest BCUT2D eigenvalue weighted by Crippen LogP contribution is -2.53. The van der Waals surface area contributed by atoms with E-state index >= 15 is 0 Å². The number of hydrogen-bond donors (Lipinski definition) is 2. The molecule has 2 amide bonds. The summed E-state index contributed by atoms with van der Waals surface area (Å²) in [7, 11) is 0. The molecule has 6 aliphatic carbocycles. The van der Waals surface area contributed by atoms with Gasteiger partial charge >= 0.3 is 0 Å². The Morgan fingerprint density at radius 1 is 0.885 bits per heavy atom. The van der Waals surface area contributed by atoms with Gasteiger partial charge in [0.2, 0.25) is 11.8 Å². The summed E-state index contributed by atoms with van der Waals surface area (Å²) in [5, 5.41) is 6.49. The van der Waals surface area contributed by atoms with Gasteiger partial charge in [-0.25, -0.2) is 0 Å². The molecule has 26 heavy (non-hydrogen) atoms. The molecule has 0 aromatic rings. The monoisotopic (exact) mass is 358 g/mol. The van der Waals surface area contributed by atoms with Crippen molar-refractivity contribution in [3.8, 4) is 0 Å². The van der Waals surface area contributed by atoms with Crippen molar-refractivity contribution >= 4 is 11.8 Å². The van der Waals surface area contributed by atoms with Crippen molar-refractivity contribution in [2.24, 2.45) is 35.0 Å². The minimum absolute atomic E-state index is 0.0555. The highest BCUT2D eigenvalue weighted by atomic mass is 16.2. The Balaban J connectivity index is 1.05. The maximum Gasteiger partial charge on any atom is 0.226 e. The molecule has 6 saturated carbocycles. The normalized spacial score (nSPS) is 37.8. The van der Waals surface area contributed by atoms with Crippen LogP contribution in [-0.2, 0) is 9.59 Å². The molecule has 0 unspecified atom stereocenters. The van der Waals surface area contributed by atoms with E-state index in [0.717, 1.165) is 55.3 Å². The maximum absolute atomic E-state index is 12.9. The van der Waals surface area contributed by atoms with Gasteiger partial charge in [-0.2, -0.15) is 0 Å². The third kappa shape index (κ3) is 3.41. The van der Waals surface area contributed by atoms with Crippen molar-refractivity contribution in [3.63, 3.8) is 0 Å². The number of nitrogens with one attached hydrogen (secondary N) is 2. The van der Waals surface area contributed by atoms with Gasteiger partial charge in [-0.05, 0) is 100 Å². The predicted molar refractivity (Wildman–Crippen MR) is 100 cm³/mol. The minimum atomic E-state index is -0.0555. The van der Waals surface area contributed by atoms with Gasteiger partial charge < -0.3 is 10.6 Å². The zero-order chi connectivity index (χ0) is 17.7. The summed E-state index contributed by atoms with van der Waals surface area (Å²) < 4.78 is 0. The first-order chi connectivity index (χ1) is 12.6. The summed E-state index contributed by atoms with van der Waals surface area (Å²) >= 11 is 0. The van der Waals surface area contributed by atoms with E-state index in [2.05, 4.69) is 10.6 Å². The van der Waals surface area contributed by atoms with Gasteiger partial charge in [0.15, 0.2) is 0 Å². The van der Waals surface area contributed by atoms with Gasteiger partial charge in [-0.3, -0.25) is 9.59 Å². The minimum Gasteiger partial charge on any atom is -0.356 e. The van der Waals surface area contributed by atoms with Crippen molar-refractivity contribution < 1.29 is 9.59 Å². The first-order valence-corrected chi connectivity index (χ1v) is 11.2. The summed E-state index contributed by atoms with van der Waals surface area (Å²) in [6.07, 6.45) is 14.0. The number of amides is 2. The molecule has 4 bridgehead atoms. The van der Waals surface area contributed by atoms with Crippen molar-refractivity contribution in [3.05, 3.63) is 0 Å². The highest BCUT2D eigenvalue weighted by Crippen LogP contribution is 2.60. The molecule has 4 heteroatoms. The number of hydrogen-bond acceptors (Lipinski definition) is 2. The Hall–Kier alpha value is -1.06. The Morgan fingerprint density at radius 2 is 1.42 bits per heavy atom. The van der Waals surface area contributed by atoms with Crippen LogP contribution in [-0.4, -0.2) is 24.4 Å². The van der Waals surface area contributed by atoms with E-state index in [1.165, 1.54) is 44.9 Å². The predicted octanol–water partition coefficient (Wildman–Crippen LogP) is 3.40. The number of rotatable bonds is 8. The maximum atomic E-state index is 12.9. The molecule has 0 spiro atoms. The third-order valence-electron chi connectivity index (χ3n) is 7.97. The van der Waals surface area contributed by atoms with E-state index < -0.39 is 0 Å². The van der Waals surface area contributed by atoms with E-state index in [9.17, 15) is 9.59 Å². The second-order valence-electron chi connectivity index (χ2n) is 10.3. The van der Waals surface area contributed by atoms with E-state index in [-0.39, 0.29) is 11.3 Å². The molecular weight excluding hydrogens is 324 g/mol. The molecule has 6 rings (SSSR count). The fraction of sp³-hybridized carbons (Fsp3) is 0.909. The Bertz CT molecular complexity index is 531. The van der Waals surface area contributed by atoms with Crippen LogP contribution in [0.4, 0.5) is 0 Å². The summed E-state index contributed by atoms with van der Waals surface area (Å²) in [5.41, 5.74) is -0.0555. The second kappa shape index (κ2) is 6.53. The average molecular weight is 359 g/mol. The second-order valence-corrected chi connectivity index (χ2v) is 10.3. The van der Waals surface area contributed by atoms with Gasteiger partial charge in [0, 0.05) is 24.4 Å². The molecule has 4 nitrogen and oxygen atoms in total. The van der Waals surface area contributed by atoms with Gasteiger partial charge in [0.1, 0.15) is 0 Å². The standard InChI is InChI=1S/C22H34N2O2/c25-19(24-20(17-3-4-17)18-5-6-18)2-1-7-23-21(26)22-11-14-8-15(12-22)10-16(9-14)13-22/h14-18,20H,1-13H2,(H,23,26)(H,24,25). The molecule has 0 aromatic carbocycles. The molecule has 6 fully saturated rings. The summed E-state index contributed by atoms with van der Waals surface area (Å²) in [6.45, 7) is 0.658. The van der Waals surface area contributed by atoms with Crippen LogP contribution in [0.1, 0.15) is 77.0 Å². The molecule has 144 valence electrons.